The molecule has 0 saturated carbocycles. The van der Waals surface area contributed by atoms with Crippen LogP contribution in [0.15, 0.2) is 24.3 Å². The van der Waals surface area contributed by atoms with Crippen molar-refractivity contribution in [2.24, 2.45) is 5.73 Å². The fraction of sp³-hybridized carbons (Fsp3) is 0.250. The van der Waals surface area contributed by atoms with Gasteiger partial charge in [0.05, 0.1) is 5.69 Å². The van der Waals surface area contributed by atoms with Gasteiger partial charge in [-0.3, -0.25) is 10.5 Å². The summed E-state index contributed by atoms with van der Waals surface area (Å²) < 4.78 is 5.19. The largest absolute Gasteiger partial charge is 0.479 e. The Morgan fingerprint density at radius 3 is 2.94 bits per heavy atom. The average molecular weight is 218 g/mol. The Kier molecular flexibility index (Phi) is 2.92. The summed E-state index contributed by atoms with van der Waals surface area (Å²) in [4.78, 5) is 14.6. The van der Waals surface area contributed by atoms with Crippen molar-refractivity contribution in [2.45, 2.75) is 13.3 Å². The normalized spacial score (nSPS) is 10.6. The fourth-order valence-electron chi connectivity index (χ4n) is 1.64. The number of nitrogens with one attached hydrogen (secondary N) is 1. The average Bonchev–Trinajstić information content (AvgIpc) is 2.71. The molecule has 0 atom stereocenters. The first-order valence-corrected chi connectivity index (χ1v) is 5.23. The second-order valence-electron chi connectivity index (χ2n) is 3.52. The van der Waals surface area contributed by atoms with E-state index in [2.05, 4.69) is 4.98 Å². The highest BCUT2D eigenvalue weighted by Crippen LogP contribution is 2.22. The van der Waals surface area contributed by atoms with E-state index in [1.165, 1.54) is 0 Å². The number of rotatable bonds is 4. The smallest absolute Gasteiger partial charge is 0.178 e. The molecule has 4 nitrogen and oxygen atoms in total. The Bertz CT molecular complexity index is 517. The Morgan fingerprint density at radius 1 is 1.44 bits per heavy atom. The van der Waals surface area contributed by atoms with Crippen LogP contribution in [-0.4, -0.2) is 17.5 Å². The fourth-order valence-corrected chi connectivity index (χ4v) is 1.64. The van der Waals surface area contributed by atoms with E-state index in [0.717, 1.165) is 10.9 Å². The van der Waals surface area contributed by atoms with Crippen molar-refractivity contribution in [1.29, 1.82) is 0 Å². The molecule has 84 valence electrons. The third-order valence-electron chi connectivity index (χ3n) is 2.46. The lowest BCUT2D eigenvalue weighted by Gasteiger charge is -2.01. The zero-order chi connectivity index (χ0) is 11.5. The van der Waals surface area contributed by atoms with E-state index >= 15 is 0 Å². The Morgan fingerprint density at radius 2 is 2.25 bits per heavy atom. The number of fused-ring (bicyclic) bond motifs is 1. The molecular weight excluding hydrogens is 204 g/mol. The van der Waals surface area contributed by atoms with Gasteiger partial charge in [0.15, 0.2) is 5.78 Å². The van der Waals surface area contributed by atoms with Gasteiger partial charge in [0.1, 0.15) is 12.5 Å². The van der Waals surface area contributed by atoms with Gasteiger partial charge in [0.25, 0.3) is 0 Å². The highest BCUT2D eigenvalue weighted by molar-refractivity contribution is 5.99. The topological polar surface area (TPSA) is 68.1 Å². The molecule has 0 fully saturated rings. The minimum Gasteiger partial charge on any atom is -0.479 e. The zero-order valence-electron chi connectivity index (χ0n) is 9.12. The number of ketones is 1. The van der Waals surface area contributed by atoms with Gasteiger partial charge in [-0.2, -0.15) is 0 Å². The molecular formula is C12H14N2O2. The number of carbonyl (C=O) groups is 1. The minimum atomic E-state index is 0.109. The van der Waals surface area contributed by atoms with E-state index in [-0.39, 0.29) is 12.5 Å². The van der Waals surface area contributed by atoms with Crippen molar-refractivity contribution < 1.29 is 9.53 Å². The van der Waals surface area contributed by atoms with Crippen LogP contribution in [0.2, 0.25) is 0 Å². The van der Waals surface area contributed by atoms with Gasteiger partial charge < -0.3 is 9.72 Å². The van der Waals surface area contributed by atoms with E-state index in [9.17, 15) is 4.79 Å². The first-order valence-electron chi connectivity index (χ1n) is 5.23. The molecule has 0 aliphatic heterocycles. The van der Waals surface area contributed by atoms with Crippen LogP contribution in [0, 0.1) is 0 Å². The van der Waals surface area contributed by atoms with Crippen LogP contribution in [0.3, 0.4) is 0 Å². The summed E-state index contributed by atoms with van der Waals surface area (Å²) in [6, 6.07) is 7.41. The third kappa shape index (κ3) is 1.92. The molecule has 1 aromatic heterocycles. The van der Waals surface area contributed by atoms with E-state index < -0.39 is 0 Å². The SMILES string of the molecule is CCC(=O)c1cc2cc(OCN)ccc2[nH]1. The minimum absolute atomic E-state index is 0.109. The first kappa shape index (κ1) is 10.7. The van der Waals surface area contributed by atoms with Crippen molar-refractivity contribution in [3.8, 4) is 5.75 Å². The highest BCUT2D eigenvalue weighted by atomic mass is 16.5. The van der Waals surface area contributed by atoms with Crippen LogP contribution in [-0.2, 0) is 0 Å². The van der Waals surface area contributed by atoms with E-state index in [4.69, 9.17) is 10.5 Å². The van der Waals surface area contributed by atoms with Gasteiger partial charge in [0.2, 0.25) is 0 Å². The number of ether oxygens (including phenoxy) is 1. The monoisotopic (exact) mass is 218 g/mol. The lowest BCUT2D eigenvalue weighted by molar-refractivity contribution is 0.0984. The molecule has 0 unspecified atom stereocenters. The van der Waals surface area contributed by atoms with Crippen LogP contribution in [0.1, 0.15) is 23.8 Å². The number of Topliss-reactive ketones (excluding diaryl/α,β-unsaturated/α-hetero) is 1. The molecule has 0 bridgehead atoms. The molecule has 0 aliphatic rings. The molecule has 0 spiro atoms. The van der Waals surface area contributed by atoms with E-state index in [0.29, 0.717) is 17.9 Å². The summed E-state index contributed by atoms with van der Waals surface area (Å²) in [6.45, 7) is 1.99. The number of benzene rings is 1. The van der Waals surface area contributed by atoms with Crippen LogP contribution in [0.4, 0.5) is 0 Å². The molecule has 2 aromatic rings. The second-order valence-corrected chi connectivity index (χ2v) is 3.52. The van der Waals surface area contributed by atoms with Crippen LogP contribution < -0.4 is 10.5 Å². The number of hydrogen-bond donors (Lipinski definition) is 2. The lowest BCUT2D eigenvalue weighted by atomic mass is 10.2. The van der Waals surface area contributed by atoms with Crippen molar-refractivity contribution >= 4 is 16.7 Å². The number of carbonyl (C=O) groups excluding carboxylic acids is 1. The molecule has 16 heavy (non-hydrogen) atoms. The highest BCUT2D eigenvalue weighted by Gasteiger charge is 2.07. The van der Waals surface area contributed by atoms with Crippen molar-refractivity contribution in [1.82, 2.24) is 4.98 Å². The lowest BCUT2D eigenvalue weighted by Crippen LogP contribution is -2.06. The molecule has 2 rings (SSSR count). The first-order chi connectivity index (χ1) is 7.74. The maximum atomic E-state index is 11.5. The molecule has 1 aromatic carbocycles. The number of aromatic amines is 1. The molecule has 3 N–H and O–H groups in total. The van der Waals surface area contributed by atoms with Crippen LogP contribution in [0.25, 0.3) is 10.9 Å². The van der Waals surface area contributed by atoms with Crippen LogP contribution >= 0.6 is 0 Å². The van der Waals surface area contributed by atoms with Crippen molar-refractivity contribution in [3.63, 3.8) is 0 Å². The number of aromatic nitrogens is 1. The van der Waals surface area contributed by atoms with Crippen LogP contribution in [0.5, 0.6) is 5.75 Å². The predicted molar refractivity (Wildman–Crippen MR) is 62.6 cm³/mol. The third-order valence-corrected chi connectivity index (χ3v) is 2.46. The Labute approximate surface area is 93.4 Å². The van der Waals surface area contributed by atoms with Gasteiger partial charge in [0, 0.05) is 17.3 Å². The Balaban J connectivity index is 2.41. The van der Waals surface area contributed by atoms with Gasteiger partial charge in [-0.15, -0.1) is 0 Å². The Hall–Kier alpha value is -1.81. The molecule has 1 heterocycles. The maximum Gasteiger partial charge on any atom is 0.178 e. The van der Waals surface area contributed by atoms with Gasteiger partial charge in [-0.05, 0) is 24.3 Å². The maximum absolute atomic E-state index is 11.5. The molecule has 0 aliphatic carbocycles. The second kappa shape index (κ2) is 4.37. The summed E-state index contributed by atoms with van der Waals surface area (Å²) in [7, 11) is 0. The number of H-pyrrole nitrogens is 1. The molecule has 4 heteroatoms. The number of hydrogen-bond acceptors (Lipinski definition) is 3. The van der Waals surface area contributed by atoms with E-state index in [1.807, 2.05) is 31.2 Å². The summed E-state index contributed by atoms with van der Waals surface area (Å²) in [5.41, 5.74) is 6.87. The van der Waals surface area contributed by atoms with Crippen molar-refractivity contribution in [2.75, 3.05) is 6.73 Å². The molecule has 0 saturated heterocycles. The summed E-state index contributed by atoms with van der Waals surface area (Å²) in [6.07, 6.45) is 0.499. The molecule has 0 amide bonds. The predicted octanol–water partition coefficient (Wildman–Crippen LogP) is 2.06. The van der Waals surface area contributed by atoms with Gasteiger partial charge >= 0.3 is 0 Å². The zero-order valence-corrected chi connectivity index (χ0v) is 9.12. The molecule has 0 radical (unpaired) electrons. The summed E-state index contributed by atoms with van der Waals surface area (Å²) in [5.74, 6) is 0.821. The van der Waals surface area contributed by atoms with E-state index in [1.54, 1.807) is 0 Å². The number of nitrogens with two attached hydrogens (primary N) is 1. The van der Waals surface area contributed by atoms with Gasteiger partial charge in [-0.25, -0.2) is 0 Å². The summed E-state index contributed by atoms with van der Waals surface area (Å²) >= 11 is 0. The quantitative estimate of drug-likeness (QED) is 0.609. The standard InChI is InChI=1S/C12H14N2O2/c1-2-12(15)11-6-8-5-9(16-7-13)3-4-10(8)14-11/h3-6,14H,2,7,13H2,1H3. The van der Waals surface area contributed by atoms with Gasteiger partial charge in [-0.1, -0.05) is 6.92 Å². The summed E-state index contributed by atoms with van der Waals surface area (Å²) in [5, 5.41) is 0.961. The van der Waals surface area contributed by atoms with Crippen molar-refractivity contribution in [3.05, 3.63) is 30.0 Å².